The Morgan fingerprint density at radius 1 is 0.567 bits per heavy atom. The topological polar surface area (TPSA) is 478 Å². The van der Waals surface area contributed by atoms with Gasteiger partial charge in [0.15, 0.2) is 24.1 Å². The van der Waals surface area contributed by atoms with Crippen LogP contribution in [0.3, 0.4) is 0 Å². The Balaban J connectivity index is 0.870. The number of fused-ring (bicyclic) bond motifs is 2. The molecule has 8 rings (SSSR count). The SMILES string of the molecule is COOOSc1cc2cc(S(=O)(=O)OC)cc(Nc3nc(NCCCOC(C)OC(C)OCCCNc4nc(Nc5cc(S(=O)(=O)OC)cc6cc(SOOOC)c(N=Nc7ccccc7C(=O)OC)c(O)c56)[nH]c(=O)n4)nc(=O)[nH]3)c2c(O)c1N=Nc1ccccc1C(=O)OC. The van der Waals surface area contributed by atoms with Gasteiger partial charge in [-0.2, -0.15) is 36.8 Å². The largest absolute Gasteiger partial charge is 0.505 e. The Morgan fingerprint density at radius 3 is 1.35 bits per heavy atom. The molecular weight excluding hydrogens is 1360 g/mol. The van der Waals surface area contributed by atoms with Gasteiger partial charge in [0.25, 0.3) is 20.2 Å². The van der Waals surface area contributed by atoms with Crippen molar-refractivity contribution in [1.29, 1.82) is 0 Å². The predicted octanol–water partition coefficient (Wildman–Crippen LogP) is 9.00. The van der Waals surface area contributed by atoms with Crippen molar-refractivity contribution in [3.8, 4) is 11.5 Å². The van der Waals surface area contributed by atoms with E-state index in [0.717, 1.165) is 26.4 Å². The monoisotopic (exact) mass is 1420 g/mol. The van der Waals surface area contributed by atoms with Crippen LogP contribution in [-0.4, -0.2) is 150 Å². The minimum atomic E-state index is -4.40. The Hall–Kier alpha value is -9.44. The van der Waals surface area contributed by atoms with Crippen LogP contribution in [0.5, 0.6) is 11.5 Å². The number of methoxy groups -OCH3 is 2. The quantitative estimate of drug-likeness (QED) is 0.00265. The first-order valence-electron chi connectivity index (χ1n) is 28.0. The minimum Gasteiger partial charge on any atom is -0.505 e. The fourth-order valence-electron chi connectivity index (χ4n) is 8.66. The van der Waals surface area contributed by atoms with Crippen LogP contribution < -0.4 is 32.6 Å². The van der Waals surface area contributed by atoms with Gasteiger partial charge in [0, 0.05) is 23.9 Å². The lowest BCUT2D eigenvalue weighted by Gasteiger charge is -2.20. The summed E-state index contributed by atoms with van der Waals surface area (Å²) < 4.78 is 99.2. The number of nitrogens with one attached hydrogen (secondary N) is 6. The zero-order chi connectivity index (χ0) is 69.8. The Morgan fingerprint density at radius 2 is 0.969 bits per heavy atom. The third-order valence-electron chi connectivity index (χ3n) is 12.9. The summed E-state index contributed by atoms with van der Waals surface area (Å²) in [4.78, 5) is 80.4. The van der Waals surface area contributed by atoms with Crippen molar-refractivity contribution in [2.75, 3.05) is 90.2 Å². The molecule has 2 unspecified atom stereocenters. The molecule has 8 N–H and O–H groups in total. The van der Waals surface area contributed by atoms with Gasteiger partial charge in [-0.1, -0.05) is 34.3 Å². The van der Waals surface area contributed by atoms with Crippen molar-refractivity contribution in [3.05, 3.63) is 117 Å². The maximum atomic E-state index is 13.1. The summed E-state index contributed by atoms with van der Waals surface area (Å²) in [6, 6.07) is 19.6. The number of hydrogen-bond acceptors (Lipinski definition) is 37. The van der Waals surface area contributed by atoms with Crippen molar-refractivity contribution in [2.45, 2.75) is 58.9 Å². The summed E-state index contributed by atoms with van der Waals surface area (Å²) in [5.74, 6) is -3.37. The molecule has 0 amide bonds. The number of ether oxygens (including phenoxy) is 5. The number of H-pyrrole nitrogens is 2. The van der Waals surface area contributed by atoms with Crippen molar-refractivity contribution >= 4 is 136 Å². The predicted molar refractivity (Wildman–Crippen MR) is 344 cm³/mol. The summed E-state index contributed by atoms with van der Waals surface area (Å²) in [6.45, 7) is 3.95. The zero-order valence-corrected chi connectivity index (χ0v) is 55.4. The summed E-state index contributed by atoms with van der Waals surface area (Å²) in [5, 5.41) is 61.4. The van der Waals surface area contributed by atoms with Crippen LogP contribution in [0.2, 0.25) is 0 Å². The molecule has 41 heteroatoms. The maximum absolute atomic E-state index is 13.1. The number of hydrogen-bond donors (Lipinski definition) is 8. The van der Waals surface area contributed by atoms with Gasteiger partial charge in [0.05, 0.1) is 122 Å². The molecule has 2 aromatic heterocycles. The zero-order valence-electron chi connectivity index (χ0n) is 52.2. The van der Waals surface area contributed by atoms with Crippen LogP contribution >= 0.6 is 24.1 Å². The number of carbonyl (C=O) groups excluding carboxylic acids is 2. The van der Waals surface area contributed by atoms with Crippen LogP contribution in [0.1, 0.15) is 47.4 Å². The lowest BCUT2D eigenvalue weighted by molar-refractivity contribution is -0.447. The van der Waals surface area contributed by atoms with E-state index in [1.165, 1.54) is 77.0 Å². The van der Waals surface area contributed by atoms with Gasteiger partial charge in [-0.15, -0.1) is 29.1 Å². The number of carbonyl (C=O) groups is 2. The smallest absolute Gasteiger partial charge is 0.351 e. The lowest BCUT2D eigenvalue weighted by atomic mass is 10.1. The van der Waals surface area contributed by atoms with E-state index >= 15 is 0 Å². The maximum Gasteiger partial charge on any atom is 0.351 e. The molecule has 37 nitrogen and oxygen atoms in total. The van der Waals surface area contributed by atoms with Gasteiger partial charge >= 0.3 is 23.3 Å². The molecule has 2 heterocycles. The second-order valence-corrected chi connectivity index (χ2v) is 24.1. The van der Waals surface area contributed by atoms with E-state index in [4.69, 9.17) is 40.7 Å². The van der Waals surface area contributed by atoms with Gasteiger partial charge in [0.1, 0.15) is 22.7 Å². The van der Waals surface area contributed by atoms with E-state index in [0.29, 0.717) is 36.9 Å². The highest BCUT2D eigenvalue weighted by Gasteiger charge is 2.26. The highest BCUT2D eigenvalue weighted by Crippen LogP contribution is 2.50. The fraction of sp³-hybridized carbons (Fsp3) is 0.286. The molecule has 0 saturated heterocycles. The third-order valence-corrected chi connectivity index (χ3v) is 16.7. The molecule has 8 aromatic rings. The van der Waals surface area contributed by atoms with E-state index in [2.05, 4.69) is 91.5 Å². The van der Waals surface area contributed by atoms with Gasteiger partial charge in [-0.05, 0) is 98.1 Å². The van der Waals surface area contributed by atoms with Gasteiger partial charge in [-0.25, -0.2) is 29.0 Å². The first-order chi connectivity index (χ1) is 46.6. The third kappa shape index (κ3) is 19.4. The molecule has 0 spiro atoms. The summed E-state index contributed by atoms with van der Waals surface area (Å²) in [5.41, 5.74) is -2.22. The van der Waals surface area contributed by atoms with E-state index < -0.39 is 67.6 Å². The number of anilines is 6. The first kappa shape index (κ1) is 73.4. The highest BCUT2D eigenvalue weighted by atomic mass is 32.2. The number of rotatable bonds is 36. The van der Waals surface area contributed by atoms with Crippen molar-refractivity contribution in [2.24, 2.45) is 20.5 Å². The van der Waals surface area contributed by atoms with E-state index in [9.17, 15) is 46.2 Å². The van der Waals surface area contributed by atoms with Crippen LogP contribution in [0.15, 0.2) is 135 Å². The molecular formula is C56H60N14O23S4. The molecule has 97 heavy (non-hydrogen) atoms. The molecule has 0 fully saturated rings. The Kier molecular flexibility index (Phi) is 26.1. The number of benzene rings is 6. The van der Waals surface area contributed by atoms with E-state index in [-0.39, 0.29) is 136 Å². The molecule has 0 saturated carbocycles. The van der Waals surface area contributed by atoms with Crippen LogP contribution in [0.25, 0.3) is 21.5 Å². The summed E-state index contributed by atoms with van der Waals surface area (Å²) in [6.07, 6.45) is -0.828. The van der Waals surface area contributed by atoms with Gasteiger partial charge in [0.2, 0.25) is 23.8 Å². The van der Waals surface area contributed by atoms with Crippen LogP contribution in [0, 0.1) is 0 Å². The minimum absolute atomic E-state index is 0.0257. The molecule has 0 aliphatic heterocycles. The number of phenols is 2. The van der Waals surface area contributed by atoms with E-state index in [1.807, 2.05) is 0 Å². The number of phenolic OH excluding ortho intramolecular Hbond substituents is 2. The van der Waals surface area contributed by atoms with Crippen molar-refractivity contribution in [3.63, 3.8) is 0 Å². The van der Waals surface area contributed by atoms with E-state index in [1.54, 1.807) is 38.1 Å². The summed E-state index contributed by atoms with van der Waals surface area (Å²) >= 11 is 1.02. The lowest BCUT2D eigenvalue weighted by Crippen LogP contribution is -2.24. The molecule has 0 aliphatic rings. The van der Waals surface area contributed by atoms with Crippen LogP contribution in [0.4, 0.5) is 57.9 Å². The van der Waals surface area contributed by atoms with Crippen molar-refractivity contribution < 1.29 is 97.2 Å². The van der Waals surface area contributed by atoms with Crippen molar-refractivity contribution in [1.82, 2.24) is 29.9 Å². The number of aromatic nitrogens is 6. The first-order valence-corrected chi connectivity index (χ1v) is 32.3. The van der Waals surface area contributed by atoms with Gasteiger partial charge < -0.3 is 55.2 Å². The summed E-state index contributed by atoms with van der Waals surface area (Å²) in [7, 11) is -2.18. The molecule has 0 bridgehead atoms. The second kappa shape index (κ2) is 34.5. The average molecular weight is 1430 g/mol. The Bertz CT molecular complexity index is 4290. The number of azo groups is 2. The highest BCUT2D eigenvalue weighted by molar-refractivity contribution is 7.95. The number of nitrogens with zero attached hydrogens (tertiary/aromatic N) is 8. The fourth-order valence-corrected chi connectivity index (χ4v) is 11.2. The second-order valence-electron chi connectivity index (χ2n) is 19.2. The number of aromatic hydroxyl groups is 2. The molecule has 0 radical (unpaired) electrons. The molecule has 2 atom stereocenters. The average Bonchev–Trinajstić information content (AvgIpc) is 0.763. The number of esters is 2. The van der Waals surface area contributed by atoms with Gasteiger partial charge in [-0.3, -0.25) is 18.3 Å². The standard InChI is InChI=1S/C56H60N14O23S4/c1-29(87-21-13-19-57-51-61-53(65-55(75)63-51)59-39-27-33(96(77,78)85-7)23-31-25-41(94-92-90-83-5)45(47(71)43(31)39)69-67-37-17-11-9-15-35(37)49(73)81-3)89-30(2)88-22-14-20-58-52-62-54(66-56(76)64-52)60-40-28-34(97(79,80)86-8)24-32-26-42(95-93-91-84-6)46(48(72)44(32)40)70-68-38-18-12-10-16-36(38)50(74)82-4/h9-12,15-18,23-30,71-72H,13-14,19-22H2,1-8H3,(H3,57,59,61,63,65,75)(H3,58,60,62,64,66,76). The Labute approximate surface area is 558 Å². The molecule has 6 aromatic carbocycles. The molecule has 516 valence electrons. The number of aromatic amines is 2. The molecule has 0 aliphatic carbocycles. The normalized spacial score (nSPS) is 12.5. The van der Waals surface area contributed by atoms with Crippen LogP contribution in [-0.2, 0) is 80.8 Å².